The number of nitrogens with two attached hydrogens (primary N) is 2. The predicted octanol–water partition coefficient (Wildman–Crippen LogP) is 4.15. The average Bonchev–Trinajstić information content (AvgIpc) is 2.81. The van der Waals surface area contributed by atoms with Gasteiger partial charge in [-0.1, -0.05) is 51.1 Å². The number of anilines is 1. The maximum absolute atomic E-state index is 14.8. The van der Waals surface area contributed by atoms with Crippen LogP contribution in [0.4, 0.5) is 15.0 Å². The smallest absolute Gasteiger partial charge is 0.405 e. The van der Waals surface area contributed by atoms with E-state index < -0.39 is 23.4 Å². The topological polar surface area (TPSA) is 139 Å². The van der Waals surface area contributed by atoms with Crippen molar-refractivity contribution in [2.45, 2.75) is 64.7 Å². The number of ether oxygens (including phenoxy) is 3. The lowest BCUT2D eigenvalue weighted by molar-refractivity contribution is -0.0905. The van der Waals surface area contributed by atoms with Gasteiger partial charge in [-0.15, -0.1) is 0 Å². The minimum atomic E-state index is -0.843. The zero-order chi connectivity index (χ0) is 26.3. The number of hydrogen-bond acceptors (Lipinski definition) is 7. The van der Waals surface area contributed by atoms with Crippen molar-refractivity contribution in [3.05, 3.63) is 53.3 Å². The molecule has 0 atom stereocenters. The fourth-order valence-electron chi connectivity index (χ4n) is 4.44. The second-order valence-electron chi connectivity index (χ2n) is 10.0. The largest absolute Gasteiger partial charge is 0.475 e. The number of aromatic nitrogens is 1. The molecule has 0 radical (unpaired) electrons. The van der Waals surface area contributed by atoms with E-state index in [1.807, 2.05) is 51.1 Å². The molecule has 1 heterocycles. The zero-order valence-electron chi connectivity index (χ0n) is 21.0. The van der Waals surface area contributed by atoms with Gasteiger partial charge in [-0.3, -0.25) is 4.79 Å². The summed E-state index contributed by atoms with van der Waals surface area (Å²) >= 11 is 0. The van der Waals surface area contributed by atoms with E-state index in [9.17, 15) is 14.0 Å². The first-order chi connectivity index (χ1) is 17.0. The quantitative estimate of drug-likeness (QED) is 0.415. The molecule has 0 saturated heterocycles. The number of hydrogen-bond donors (Lipinski definition) is 3. The van der Waals surface area contributed by atoms with Crippen LogP contribution in [-0.4, -0.2) is 41.8 Å². The summed E-state index contributed by atoms with van der Waals surface area (Å²) < 4.78 is 31.6. The Hall–Kier alpha value is -3.40. The Balaban J connectivity index is 1.63. The summed E-state index contributed by atoms with van der Waals surface area (Å²) in [5.74, 6) is -1.65. The lowest BCUT2D eigenvalue weighted by Crippen LogP contribution is -2.51. The van der Waals surface area contributed by atoms with Crippen LogP contribution in [-0.2, 0) is 16.1 Å². The first-order valence-corrected chi connectivity index (χ1v) is 12.0. The van der Waals surface area contributed by atoms with E-state index in [4.69, 9.17) is 25.7 Å². The van der Waals surface area contributed by atoms with Gasteiger partial charge in [0.2, 0.25) is 5.88 Å². The minimum absolute atomic E-state index is 0.0377. The number of nitrogens with zero attached hydrogens (tertiary/aromatic N) is 1. The van der Waals surface area contributed by atoms with Crippen molar-refractivity contribution in [2.75, 3.05) is 18.5 Å². The Kier molecular flexibility index (Phi) is 8.73. The van der Waals surface area contributed by atoms with Crippen LogP contribution in [0.25, 0.3) is 0 Å². The van der Waals surface area contributed by atoms with Crippen molar-refractivity contribution in [1.82, 2.24) is 4.98 Å². The molecule has 2 amide bonds. The maximum atomic E-state index is 14.8. The molecule has 0 bridgehead atoms. The molecule has 1 aromatic carbocycles. The zero-order valence-corrected chi connectivity index (χ0v) is 21.0. The first-order valence-electron chi connectivity index (χ1n) is 12.0. The number of rotatable bonds is 10. The Morgan fingerprint density at radius 3 is 2.39 bits per heavy atom. The van der Waals surface area contributed by atoms with Crippen molar-refractivity contribution in [3.8, 4) is 5.88 Å². The van der Waals surface area contributed by atoms with Crippen molar-refractivity contribution in [1.29, 1.82) is 0 Å². The number of carbonyl (C=O) groups is 2. The summed E-state index contributed by atoms with van der Waals surface area (Å²) in [5, 5.41) is 3.10. The first kappa shape index (κ1) is 27.2. The molecule has 0 aliphatic heterocycles. The predicted molar refractivity (Wildman–Crippen MR) is 133 cm³/mol. The van der Waals surface area contributed by atoms with Gasteiger partial charge in [0.1, 0.15) is 17.8 Å². The van der Waals surface area contributed by atoms with Crippen LogP contribution in [0.2, 0.25) is 0 Å². The number of nitrogens with one attached hydrogen (secondary N) is 1. The molecule has 0 unspecified atom stereocenters. The molecule has 1 fully saturated rings. The molecule has 0 spiro atoms. The fourth-order valence-corrected chi connectivity index (χ4v) is 4.44. The van der Waals surface area contributed by atoms with Gasteiger partial charge in [-0.05, 0) is 37.3 Å². The minimum Gasteiger partial charge on any atom is -0.475 e. The second-order valence-corrected chi connectivity index (χ2v) is 10.0. The van der Waals surface area contributed by atoms with Gasteiger partial charge < -0.3 is 31.0 Å². The summed E-state index contributed by atoms with van der Waals surface area (Å²) in [6, 6.07) is 10.6. The number of benzene rings is 1. The number of primary amides is 2. The van der Waals surface area contributed by atoms with E-state index in [-0.39, 0.29) is 41.9 Å². The molecule has 36 heavy (non-hydrogen) atoms. The van der Waals surface area contributed by atoms with E-state index in [1.165, 1.54) is 0 Å². The van der Waals surface area contributed by atoms with Crippen LogP contribution < -0.4 is 21.5 Å². The van der Waals surface area contributed by atoms with Gasteiger partial charge in [0.25, 0.3) is 5.91 Å². The van der Waals surface area contributed by atoms with Crippen LogP contribution in [0.15, 0.2) is 36.4 Å². The highest BCUT2D eigenvalue weighted by molar-refractivity contribution is 5.95. The maximum Gasteiger partial charge on any atom is 0.405 e. The average molecular weight is 503 g/mol. The van der Waals surface area contributed by atoms with Gasteiger partial charge in [0.15, 0.2) is 11.6 Å². The molecule has 3 rings (SSSR count). The third-order valence-corrected chi connectivity index (χ3v) is 6.58. The van der Waals surface area contributed by atoms with Gasteiger partial charge in [0, 0.05) is 11.5 Å². The highest BCUT2D eigenvalue weighted by Gasteiger charge is 2.47. The molecule has 2 aromatic rings. The molecule has 1 aromatic heterocycles. The standard InChI is InChI=1S/C26H35FN4O5/c1-25(2,3)26(36-24(29)33)11-9-18(10-12-26)30-22-20(27)15-19(21(28)32)23(31-22)35-14-13-34-16-17-7-5-4-6-8-17/h4-8,15,18H,9-14,16H2,1-3H3,(H2,28,32)(H2,29,33)(H,30,31)/t18-,26-. The molecule has 1 aliphatic rings. The van der Waals surface area contributed by atoms with Crippen molar-refractivity contribution in [2.24, 2.45) is 16.9 Å². The molecule has 196 valence electrons. The van der Waals surface area contributed by atoms with Crippen LogP contribution in [0.1, 0.15) is 62.4 Å². The van der Waals surface area contributed by atoms with Gasteiger partial charge in [-0.2, -0.15) is 4.98 Å². The Labute approximate surface area is 210 Å². The van der Waals surface area contributed by atoms with Gasteiger partial charge >= 0.3 is 6.09 Å². The van der Waals surface area contributed by atoms with Gasteiger partial charge in [0.05, 0.1) is 13.2 Å². The van der Waals surface area contributed by atoms with E-state index in [1.54, 1.807) is 0 Å². The van der Waals surface area contributed by atoms with Crippen molar-refractivity contribution in [3.63, 3.8) is 0 Å². The number of pyridine rings is 1. The SMILES string of the molecule is CC(C)(C)[C@]1(OC(N)=O)CC[C@H](Nc2nc(OCCOCc3ccccc3)c(C(N)=O)cc2F)CC1. The molecular weight excluding hydrogens is 467 g/mol. The summed E-state index contributed by atoms with van der Waals surface area (Å²) in [6.45, 7) is 6.76. The highest BCUT2D eigenvalue weighted by Crippen LogP contribution is 2.45. The van der Waals surface area contributed by atoms with Gasteiger partial charge in [-0.25, -0.2) is 9.18 Å². The number of carbonyl (C=O) groups excluding carboxylic acids is 2. The van der Waals surface area contributed by atoms with E-state index >= 15 is 0 Å². The van der Waals surface area contributed by atoms with Crippen molar-refractivity contribution >= 4 is 17.8 Å². The van der Waals surface area contributed by atoms with Crippen LogP contribution in [0.3, 0.4) is 0 Å². The summed E-state index contributed by atoms with van der Waals surface area (Å²) in [4.78, 5) is 27.6. The molecular formula is C26H35FN4O5. The highest BCUT2D eigenvalue weighted by atomic mass is 19.1. The molecule has 1 saturated carbocycles. The van der Waals surface area contributed by atoms with Crippen LogP contribution >= 0.6 is 0 Å². The summed E-state index contributed by atoms with van der Waals surface area (Å²) in [5.41, 5.74) is 10.6. The number of halogens is 1. The third-order valence-electron chi connectivity index (χ3n) is 6.58. The van der Waals surface area contributed by atoms with Crippen LogP contribution in [0, 0.1) is 11.2 Å². The molecule has 5 N–H and O–H groups in total. The third kappa shape index (κ3) is 6.84. The van der Waals surface area contributed by atoms with E-state index in [2.05, 4.69) is 10.3 Å². The molecule has 1 aliphatic carbocycles. The van der Waals surface area contributed by atoms with Crippen LogP contribution in [0.5, 0.6) is 5.88 Å². The van der Waals surface area contributed by atoms with Crippen molar-refractivity contribution < 1.29 is 28.2 Å². The summed E-state index contributed by atoms with van der Waals surface area (Å²) in [7, 11) is 0. The number of amides is 2. The summed E-state index contributed by atoms with van der Waals surface area (Å²) in [6.07, 6.45) is 1.51. The molecule has 9 nitrogen and oxygen atoms in total. The fraction of sp³-hybridized carbons (Fsp3) is 0.500. The molecule has 10 heteroatoms. The lowest BCUT2D eigenvalue weighted by Gasteiger charge is -2.47. The van der Waals surface area contributed by atoms with E-state index in [0.29, 0.717) is 32.3 Å². The lowest BCUT2D eigenvalue weighted by atomic mass is 9.67. The second kappa shape index (κ2) is 11.6. The van der Waals surface area contributed by atoms with E-state index in [0.717, 1.165) is 11.6 Å². The Morgan fingerprint density at radius 1 is 1.14 bits per heavy atom. The Bertz CT molecular complexity index is 1050. The normalized spacial score (nSPS) is 19.9. The Morgan fingerprint density at radius 2 is 1.81 bits per heavy atom. The monoisotopic (exact) mass is 502 g/mol.